The van der Waals surface area contributed by atoms with Gasteiger partial charge in [0.05, 0.1) is 11.4 Å². The van der Waals surface area contributed by atoms with Crippen LogP contribution in [-0.2, 0) is 25.1 Å². The fourth-order valence-corrected chi connectivity index (χ4v) is 6.62. The zero-order chi connectivity index (χ0) is 28.3. The summed E-state index contributed by atoms with van der Waals surface area (Å²) in [7, 11) is -1.89. The lowest BCUT2D eigenvalue weighted by atomic mass is 9.92. The third kappa shape index (κ3) is 5.52. The van der Waals surface area contributed by atoms with Gasteiger partial charge in [-0.1, -0.05) is 50.0 Å². The molecule has 0 unspecified atom stereocenters. The molecule has 212 valence electrons. The lowest BCUT2D eigenvalue weighted by Crippen LogP contribution is -2.41. The minimum Gasteiger partial charge on any atom is -0.416 e. The summed E-state index contributed by atoms with van der Waals surface area (Å²) in [5.74, 6) is -0.787. The highest BCUT2D eigenvalue weighted by Crippen LogP contribution is 2.47. The third-order valence-corrected chi connectivity index (χ3v) is 13.3. The number of rotatable bonds is 7. The summed E-state index contributed by atoms with van der Waals surface area (Å²) in [5, 5.41) is 1.92. The number of hydrogen-bond acceptors (Lipinski definition) is 7. The van der Waals surface area contributed by atoms with Crippen LogP contribution in [0.5, 0.6) is 0 Å². The molecule has 0 amide bonds. The van der Waals surface area contributed by atoms with E-state index in [1.54, 1.807) is 0 Å². The minimum atomic E-state index is -1.89. The number of nitrogens with zero attached hydrogens (tertiary/aromatic N) is 3. The highest BCUT2D eigenvalue weighted by Gasteiger charge is 2.57. The summed E-state index contributed by atoms with van der Waals surface area (Å²) in [6, 6.07) is 7.22. The van der Waals surface area contributed by atoms with E-state index in [4.69, 9.17) is 47.6 Å². The zero-order valence-corrected chi connectivity index (χ0v) is 26.1. The van der Waals surface area contributed by atoms with Crippen LogP contribution in [0.4, 0.5) is 0 Å². The van der Waals surface area contributed by atoms with E-state index in [0.717, 1.165) is 16.5 Å². The number of hydrogen-bond donors (Lipinski definition) is 1. The average Bonchev–Trinajstić information content (AvgIpc) is 3.49. The molecule has 0 aliphatic carbocycles. The quantitative estimate of drug-likeness (QED) is 0.250. The van der Waals surface area contributed by atoms with E-state index < -0.39 is 38.6 Å². The van der Waals surface area contributed by atoms with Crippen molar-refractivity contribution in [3.63, 3.8) is 0 Å². The van der Waals surface area contributed by atoms with Gasteiger partial charge in [0.15, 0.2) is 20.3 Å². The van der Waals surface area contributed by atoms with Crippen molar-refractivity contribution in [1.29, 1.82) is 0 Å². The maximum Gasteiger partial charge on any atom is 0.191 e. The predicted molar refractivity (Wildman–Crippen MR) is 156 cm³/mol. The highest BCUT2D eigenvalue weighted by molar-refractivity contribution is 6.74. The molecule has 5 atom stereocenters. The molecule has 1 aromatic carbocycles. The monoisotopic (exact) mass is 592 g/mol. The molecule has 2 N–H and O–H groups in total. The van der Waals surface area contributed by atoms with E-state index in [1.807, 2.05) is 48.9 Å². The summed E-state index contributed by atoms with van der Waals surface area (Å²) in [5.41, 5.74) is 9.65. The number of fused-ring (bicyclic) bond motifs is 2. The molecule has 5 rings (SSSR count). The molecule has 2 fully saturated rings. The molecule has 2 saturated heterocycles. The Hall–Kier alpha value is -1.56. The molecule has 11 heteroatoms. The first kappa shape index (κ1) is 28.9. The van der Waals surface area contributed by atoms with Crippen molar-refractivity contribution in [3.05, 3.63) is 58.1 Å². The van der Waals surface area contributed by atoms with Crippen molar-refractivity contribution in [2.24, 2.45) is 5.73 Å². The van der Waals surface area contributed by atoms with E-state index >= 15 is 0 Å². The van der Waals surface area contributed by atoms with Gasteiger partial charge in [0, 0.05) is 17.8 Å². The molecule has 2 aliphatic heterocycles. The molecule has 3 aromatic rings. The first-order chi connectivity index (χ1) is 18.2. The molecule has 0 spiro atoms. The standard InChI is InChI=1S/C28H38Cl2N4O4Si/c1-27(2,3)39(6,7)35-13-11-16-14-17(29)8-9-18(16)20(31)21-22-23(38-28(4,5)37-22)26(36-21)34-12-10-19-24(30)32-15-33-25(19)34/h8-10,12,14-15,20-23,26H,11,13,31H2,1-7H3/t20-,21-,22-,23-,26-/m1/s1. The molecular formula is C28H38Cl2N4O4Si. The molecule has 2 aromatic heterocycles. The fourth-order valence-electron chi connectivity index (χ4n) is 5.19. The van der Waals surface area contributed by atoms with Gasteiger partial charge in [-0.05, 0) is 67.7 Å². The van der Waals surface area contributed by atoms with Crippen LogP contribution in [-0.4, -0.2) is 53.6 Å². The summed E-state index contributed by atoms with van der Waals surface area (Å²) in [4.78, 5) is 8.55. The van der Waals surface area contributed by atoms with E-state index in [2.05, 4.69) is 43.8 Å². The topological polar surface area (TPSA) is 93.7 Å². The van der Waals surface area contributed by atoms with E-state index in [-0.39, 0.29) is 11.1 Å². The van der Waals surface area contributed by atoms with E-state index in [0.29, 0.717) is 28.9 Å². The molecule has 39 heavy (non-hydrogen) atoms. The number of benzene rings is 1. The second-order valence-electron chi connectivity index (χ2n) is 12.4. The normalized spacial score (nSPS) is 25.8. The van der Waals surface area contributed by atoms with Gasteiger partial charge in [0.1, 0.15) is 35.4 Å². The first-order valence-electron chi connectivity index (χ1n) is 13.3. The third-order valence-electron chi connectivity index (χ3n) is 8.26. The smallest absolute Gasteiger partial charge is 0.191 e. The number of ether oxygens (including phenoxy) is 3. The van der Waals surface area contributed by atoms with Crippen molar-refractivity contribution in [3.8, 4) is 0 Å². The Morgan fingerprint density at radius 1 is 1.13 bits per heavy atom. The van der Waals surface area contributed by atoms with Crippen molar-refractivity contribution >= 4 is 42.6 Å². The highest BCUT2D eigenvalue weighted by atomic mass is 35.5. The van der Waals surface area contributed by atoms with Crippen LogP contribution in [0.1, 0.15) is 58.0 Å². The predicted octanol–water partition coefficient (Wildman–Crippen LogP) is 6.42. The van der Waals surface area contributed by atoms with Crippen molar-refractivity contribution in [2.75, 3.05) is 6.61 Å². The van der Waals surface area contributed by atoms with Gasteiger partial charge < -0.3 is 28.9 Å². The maximum absolute atomic E-state index is 6.98. The molecule has 8 nitrogen and oxygen atoms in total. The van der Waals surface area contributed by atoms with Gasteiger partial charge >= 0.3 is 0 Å². The Morgan fingerprint density at radius 3 is 2.56 bits per heavy atom. The maximum atomic E-state index is 6.98. The van der Waals surface area contributed by atoms with E-state index in [9.17, 15) is 0 Å². The van der Waals surface area contributed by atoms with Crippen LogP contribution in [0.15, 0.2) is 36.8 Å². The Bertz CT molecular complexity index is 1360. The van der Waals surface area contributed by atoms with Crippen LogP contribution >= 0.6 is 23.2 Å². The van der Waals surface area contributed by atoms with Gasteiger partial charge in [-0.3, -0.25) is 0 Å². The molecule has 0 saturated carbocycles. The second kappa shape index (κ2) is 10.4. The van der Waals surface area contributed by atoms with Crippen molar-refractivity contribution in [1.82, 2.24) is 14.5 Å². The molecular weight excluding hydrogens is 555 g/mol. The summed E-state index contributed by atoms with van der Waals surface area (Å²) >= 11 is 12.8. The second-order valence-corrected chi connectivity index (χ2v) is 18.0. The average molecular weight is 594 g/mol. The van der Waals surface area contributed by atoms with E-state index in [1.165, 1.54) is 6.33 Å². The van der Waals surface area contributed by atoms with Crippen molar-refractivity contribution in [2.45, 2.75) is 95.5 Å². The SMILES string of the molecule is CC1(C)O[C@H]2[C@@H](O1)[C@H](n1ccc3c(Cl)ncnc31)O[C@@H]2[C@H](N)c1ccc(Cl)cc1CCO[Si](C)(C)C(C)(C)C. The van der Waals surface area contributed by atoms with Gasteiger partial charge in [0.2, 0.25) is 0 Å². The van der Waals surface area contributed by atoms with Gasteiger partial charge in [0.25, 0.3) is 0 Å². The Labute approximate surface area is 241 Å². The van der Waals surface area contributed by atoms with Crippen molar-refractivity contribution < 1.29 is 18.6 Å². The summed E-state index contributed by atoms with van der Waals surface area (Å²) < 4.78 is 27.8. The lowest BCUT2D eigenvalue weighted by Gasteiger charge is -2.36. The lowest BCUT2D eigenvalue weighted by molar-refractivity contribution is -0.198. The number of nitrogens with two attached hydrogens (primary N) is 1. The molecule has 2 aliphatic rings. The Morgan fingerprint density at radius 2 is 1.85 bits per heavy atom. The zero-order valence-electron chi connectivity index (χ0n) is 23.6. The number of aromatic nitrogens is 3. The Balaban J connectivity index is 1.43. The van der Waals surface area contributed by atoms with Crippen LogP contribution < -0.4 is 5.73 Å². The number of halogens is 2. The van der Waals surface area contributed by atoms with Crippen LogP contribution in [0.25, 0.3) is 11.0 Å². The van der Waals surface area contributed by atoms with Crippen LogP contribution in [0.3, 0.4) is 0 Å². The van der Waals surface area contributed by atoms with Crippen LogP contribution in [0.2, 0.25) is 28.3 Å². The van der Waals surface area contributed by atoms with Gasteiger partial charge in [-0.25, -0.2) is 9.97 Å². The molecule has 0 radical (unpaired) electrons. The van der Waals surface area contributed by atoms with Crippen LogP contribution in [0, 0.1) is 0 Å². The summed E-state index contributed by atoms with van der Waals surface area (Å²) in [6.45, 7) is 15.6. The Kier molecular flexibility index (Phi) is 7.69. The van der Waals surface area contributed by atoms with Gasteiger partial charge in [-0.15, -0.1) is 0 Å². The minimum absolute atomic E-state index is 0.132. The molecule has 4 heterocycles. The fraction of sp³-hybridized carbons (Fsp3) is 0.571. The van der Waals surface area contributed by atoms with Gasteiger partial charge in [-0.2, -0.15) is 0 Å². The summed E-state index contributed by atoms with van der Waals surface area (Å²) in [6.07, 6.45) is 2.27. The molecule has 0 bridgehead atoms. The largest absolute Gasteiger partial charge is 0.416 e. The first-order valence-corrected chi connectivity index (χ1v) is 17.0.